The lowest BCUT2D eigenvalue weighted by Crippen LogP contribution is -2.38. The van der Waals surface area contributed by atoms with Gasteiger partial charge in [-0.25, -0.2) is 9.59 Å². The summed E-state index contributed by atoms with van der Waals surface area (Å²) < 4.78 is 5.37. The van der Waals surface area contributed by atoms with E-state index in [9.17, 15) is 9.59 Å². The molecular weight excluding hydrogens is 318 g/mol. The Morgan fingerprint density at radius 2 is 1.72 bits per heavy atom. The zero-order chi connectivity index (χ0) is 17.5. The number of piperidine rings is 1. The van der Waals surface area contributed by atoms with Gasteiger partial charge in [0.1, 0.15) is 5.75 Å². The van der Waals surface area contributed by atoms with Gasteiger partial charge in [0.2, 0.25) is 0 Å². The maximum atomic E-state index is 12.3. The van der Waals surface area contributed by atoms with Gasteiger partial charge in [0.15, 0.2) is 0 Å². The van der Waals surface area contributed by atoms with Gasteiger partial charge in [-0.15, -0.1) is 0 Å². The van der Waals surface area contributed by atoms with Gasteiger partial charge in [-0.1, -0.05) is 25.3 Å². The predicted octanol–water partition coefficient (Wildman–Crippen LogP) is 4.13. The molecule has 2 N–H and O–H groups in total. The number of rotatable bonds is 3. The van der Waals surface area contributed by atoms with Gasteiger partial charge in [0.25, 0.3) is 0 Å². The molecule has 1 aromatic rings. The van der Waals surface area contributed by atoms with Crippen LogP contribution in [0.15, 0.2) is 24.3 Å². The number of amides is 3. The van der Waals surface area contributed by atoms with Gasteiger partial charge in [0, 0.05) is 30.9 Å². The van der Waals surface area contributed by atoms with Crippen LogP contribution in [0.3, 0.4) is 0 Å². The molecule has 25 heavy (non-hydrogen) atoms. The highest BCUT2D eigenvalue weighted by molar-refractivity contribution is 5.89. The van der Waals surface area contributed by atoms with Gasteiger partial charge in [-0.3, -0.25) is 0 Å². The van der Waals surface area contributed by atoms with E-state index in [1.165, 1.54) is 12.8 Å². The molecular formula is C19H27N3O3. The Morgan fingerprint density at radius 3 is 2.48 bits per heavy atom. The second-order valence-corrected chi connectivity index (χ2v) is 6.87. The third-order valence-electron chi connectivity index (χ3n) is 4.87. The first-order chi connectivity index (χ1) is 12.2. The molecule has 1 heterocycles. The van der Waals surface area contributed by atoms with Crippen LogP contribution in [0.5, 0.6) is 5.75 Å². The first-order valence-corrected chi connectivity index (χ1v) is 9.35. The average Bonchev–Trinajstić information content (AvgIpc) is 2.63. The van der Waals surface area contributed by atoms with E-state index in [0.717, 1.165) is 51.6 Å². The van der Waals surface area contributed by atoms with Gasteiger partial charge in [-0.2, -0.15) is 0 Å². The van der Waals surface area contributed by atoms with E-state index in [4.69, 9.17) is 4.74 Å². The molecule has 3 rings (SSSR count). The lowest BCUT2D eigenvalue weighted by molar-refractivity contribution is 0.192. The fourth-order valence-corrected chi connectivity index (χ4v) is 3.49. The van der Waals surface area contributed by atoms with Crippen LogP contribution in [-0.4, -0.2) is 36.2 Å². The smallest absolute Gasteiger partial charge is 0.410 e. The van der Waals surface area contributed by atoms with E-state index in [0.29, 0.717) is 11.4 Å². The number of urea groups is 1. The number of hydrogen-bond acceptors (Lipinski definition) is 3. The third kappa shape index (κ3) is 5.37. The largest absolute Gasteiger partial charge is 0.412 e. The molecule has 0 bridgehead atoms. The number of carbonyl (C=O) groups excluding carboxylic acids is 2. The van der Waals surface area contributed by atoms with Crippen molar-refractivity contribution in [1.29, 1.82) is 0 Å². The quantitative estimate of drug-likeness (QED) is 0.865. The van der Waals surface area contributed by atoms with Gasteiger partial charge in [0.05, 0.1) is 0 Å². The monoisotopic (exact) mass is 345 g/mol. The standard InChI is InChI=1S/C19H27N3O3/c23-18(22-12-5-2-6-13-22)20-16-10-7-11-17(14-16)25-19(24)21-15-8-3-1-4-9-15/h7,10-11,14-15H,1-6,8-9,12-13H2,(H,20,23)(H,21,24). The molecule has 0 radical (unpaired) electrons. The molecule has 1 aromatic carbocycles. The molecule has 2 aliphatic rings. The van der Waals surface area contributed by atoms with Crippen LogP contribution in [0, 0.1) is 0 Å². The van der Waals surface area contributed by atoms with Crippen molar-refractivity contribution < 1.29 is 14.3 Å². The Hall–Kier alpha value is -2.24. The minimum Gasteiger partial charge on any atom is -0.410 e. The van der Waals surface area contributed by atoms with E-state index in [-0.39, 0.29) is 12.1 Å². The maximum Gasteiger partial charge on any atom is 0.412 e. The molecule has 136 valence electrons. The first-order valence-electron chi connectivity index (χ1n) is 9.35. The molecule has 3 amide bonds. The van der Waals surface area contributed by atoms with Crippen LogP contribution in [0.25, 0.3) is 0 Å². The summed E-state index contributed by atoms with van der Waals surface area (Å²) in [6.07, 6.45) is 8.45. The number of nitrogens with one attached hydrogen (secondary N) is 2. The summed E-state index contributed by atoms with van der Waals surface area (Å²) in [5.74, 6) is 0.435. The van der Waals surface area contributed by atoms with Gasteiger partial charge in [-0.05, 0) is 44.2 Å². The molecule has 1 saturated heterocycles. The van der Waals surface area contributed by atoms with Crippen LogP contribution in [0.4, 0.5) is 15.3 Å². The normalized spacial score (nSPS) is 18.5. The summed E-state index contributed by atoms with van der Waals surface area (Å²) in [7, 11) is 0. The number of anilines is 1. The fourth-order valence-electron chi connectivity index (χ4n) is 3.49. The Labute approximate surface area is 148 Å². The van der Waals surface area contributed by atoms with Crippen molar-refractivity contribution in [3.63, 3.8) is 0 Å². The van der Waals surface area contributed by atoms with Gasteiger partial charge < -0.3 is 20.3 Å². The number of ether oxygens (including phenoxy) is 1. The molecule has 6 heteroatoms. The van der Waals surface area contributed by atoms with Crippen molar-refractivity contribution >= 4 is 17.8 Å². The Kier molecular flexibility index (Phi) is 6.14. The molecule has 1 aliphatic carbocycles. The Balaban J connectivity index is 1.51. The summed E-state index contributed by atoms with van der Waals surface area (Å²) in [4.78, 5) is 26.1. The Bertz CT molecular complexity index is 593. The highest BCUT2D eigenvalue weighted by Crippen LogP contribution is 2.20. The highest BCUT2D eigenvalue weighted by atomic mass is 16.6. The molecule has 2 fully saturated rings. The van der Waals surface area contributed by atoms with Crippen molar-refractivity contribution in [2.45, 2.75) is 57.4 Å². The van der Waals surface area contributed by atoms with Gasteiger partial charge >= 0.3 is 12.1 Å². The van der Waals surface area contributed by atoms with E-state index in [2.05, 4.69) is 10.6 Å². The number of hydrogen-bond donors (Lipinski definition) is 2. The van der Waals surface area contributed by atoms with E-state index < -0.39 is 6.09 Å². The zero-order valence-electron chi connectivity index (χ0n) is 14.6. The van der Waals surface area contributed by atoms with Crippen LogP contribution in [0.1, 0.15) is 51.4 Å². The minimum atomic E-state index is -0.425. The summed E-state index contributed by atoms with van der Waals surface area (Å²) >= 11 is 0. The highest BCUT2D eigenvalue weighted by Gasteiger charge is 2.18. The van der Waals surface area contributed by atoms with E-state index >= 15 is 0 Å². The lowest BCUT2D eigenvalue weighted by atomic mass is 9.96. The van der Waals surface area contributed by atoms with Crippen molar-refractivity contribution in [1.82, 2.24) is 10.2 Å². The second-order valence-electron chi connectivity index (χ2n) is 6.87. The molecule has 1 aliphatic heterocycles. The maximum absolute atomic E-state index is 12.3. The number of likely N-dealkylation sites (tertiary alicyclic amines) is 1. The average molecular weight is 345 g/mol. The number of nitrogens with zero attached hydrogens (tertiary/aromatic N) is 1. The van der Waals surface area contributed by atoms with Crippen LogP contribution < -0.4 is 15.4 Å². The summed E-state index contributed by atoms with van der Waals surface area (Å²) in [5, 5.41) is 5.80. The van der Waals surface area contributed by atoms with E-state index in [1.54, 1.807) is 24.3 Å². The summed E-state index contributed by atoms with van der Waals surface area (Å²) in [6.45, 7) is 1.59. The zero-order valence-corrected chi connectivity index (χ0v) is 14.6. The molecule has 0 atom stereocenters. The number of benzene rings is 1. The molecule has 1 saturated carbocycles. The SMILES string of the molecule is O=C(NC1CCCCC1)Oc1cccc(NC(=O)N2CCCCC2)c1. The third-order valence-corrected chi connectivity index (χ3v) is 4.87. The molecule has 6 nitrogen and oxygen atoms in total. The van der Waals surface area contributed by atoms with Crippen molar-refractivity contribution in [3.05, 3.63) is 24.3 Å². The topological polar surface area (TPSA) is 70.7 Å². The van der Waals surface area contributed by atoms with Crippen molar-refractivity contribution in [2.75, 3.05) is 18.4 Å². The number of carbonyl (C=O) groups is 2. The minimum absolute atomic E-state index is 0.0940. The van der Waals surface area contributed by atoms with Crippen LogP contribution in [0.2, 0.25) is 0 Å². The first kappa shape index (κ1) is 17.6. The summed E-state index contributed by atoms with van der Waals surface area (Å²) in [5.41, 5.74) is 0.638. The van der Waals surface area contributed by atoms with Crippen LogP contribution in [-0.2, 0) is 0 Å². The second kappa shape index (κ2) is 8.74. The van der Waals surface area contributed by atoms with Crippen molar-refractivity contribution in [3.8, 4) is 5.75 Å². The predicted molar refractivity (Wildman–Crippen MR) is 96.9 cm³/mol. The fraction of sp³-hybridized carbons (Fsp3) is 0.579. The van der Waals surface area contributed by atoms with Crippen LogP contribution >= 0.6 is 0 Å². The van der Waals surface area contributed by atoms with E-state index in [1.807, 2.05) is 4.90 Å². The summed E-state index contributed by atoms with van der Waals surface area (Å²) in [6, 6.07) is 7.09. The molecule has 0 unspecified atom stereocenters. The lowest BCUT2D eigenvalue weighted by Gasteiger charge is -2.26. The van der Waals surface area contributed by atoms with Crippen molar-refractivity contribution in [2.24, 2.45) is 0 Å². The Morgan fingerprint density at radius 1 is 1.00 bits per heavy atom. The molecule has 0 aromatic heterocycles. The molecule has 0 spiro atoms.